The van der Waals surface area contributed by atoms with Crippen LogP contribution in [-0.4, -0.2) is 12.6 Å². The summed E-state index contributed by atoms with van der Waals surface area (Å²) < 4.78 is 0. The Morgan fingerprint density at radius 1 is 1.50 bits per heavy atom. The molecule has 1 heteroatoms. The van der Waals surface area contributed by atoms with Gasteiger partial charge in [0, 0.05) is 6.04 Å². The fourth-order valence-corrected chi connectivity index (χ4v) is 1.44. The third-order valence-electron chi connectivity index (χ3n) is 2.80. The topological polar surface area (TPSA) is 12.0 Å². The second kappa shape index (κ2) is 2.91. The maximum atomic E-state index is 3.55. The molecule has 10 heavy (non-hydrogen) atoms. The zero-order valence-electron chi connectivity index (χ0n) is 7.41. The maximum absolute atomic E-state index is 3.55. The molecule has 2 atom stereocenters. The van der Waals surface area contributed by atoms with Crippen LogP contribution < -0.4 is 5.32 Å². The average molecular weight is 141 g/mol. The highest BCUT2D eigenvalue weighted by Crippen LogP contribution is 2.48. The van der Waals surface area contributed by atoms with Crippen LogP contribution in [0.2, 0.25) is 0 Å². The molecule has 1 aliphatic carbocycles. The molecule has 0 aromatic carbocycles. The van der Waals surface area contributed by atoms with Crippen LogP contribution in [0.15, 0.2) is 0 Å². The molecule has 0 bridgehead atoms. The van der Waals surface area contributed by atoms with Crippen molar-refractivity contribution >= 4 is 0 Å². The Balaban J connectivity index is 2.12. The third kappa shape index (κ3) is 1.51. The summed E-state index contributed by atoms with van der Waals surface area (Å²) in [6.45, 7) is 8.08. The van der Waals surface area contributed by atoms with Gasteiger partial charge in [0.15, 0.2) is 0 Å². The van der Waals surface area contributed by atoms with Gasteiger partial charge >= 0.3 is 0 Å². The lowest BCUT2D eigenvalue weighted by Gasteiger charge is -2.07. The summed E-state index contributed by atoms with van der Waals surface area (Å²) in [6, 6.07) is 0.831. The largest absolute Gasteiger partial charge is 0.313 e. The van der Waals surface area contributed by atoms with E-state index in [2.05, 4.69) is 26.1 Å². The molecule has 1 rings (SSSR count). The average Bonchev–Trinajstić information content (AvgIpc) is 2.59. The molecule has 0 aliphatic heterocycles. The van der Waals surface area contributed by atoms with E-state index in [9.17, 15) is 0 Å². The maximum Gasteiger partial charge on any atom is 0.0127 e. The normalized spacial score (nSPS) is 38.1. The Labute approximate surface area is 64.2 Å². The van der Waals surface area contributed by atoms with Crippen molar-refractivity contribution in [2.75, 3.05) is 6.54 Å². The highest BCUT2D eigenvalue weighted by Gasteiger charge is 2.47. The molecular formula is C9H19N. The monoisotopic (exact) mass is 141 g/mol. The molecule has 0 amide bonds. The number of hydrogen-bond donors (Lipinski definition) is 1. The lowest BCUT2D eigenvalue weighted by Crippen LogP contribution is -2.21. The Morgan fingerprint density at radius 2 is 2.20 bits per heavy atom. The molecule has 1 unspecified atom stereocenters. The van der Waals surface area contributed by atoms with Crippen LogP contribution in [0, 0.1) is 5.41 Å². The van der Waals surface area contributed by atoms with Crippen molar-refractivity contribution in [1.29, 1.82) is 0 Å². The molecule has 1 aliphatic rings. The Bertz CT molecular complexity index is 111. The first-order valence-corrected chi connectivity index (χ1v) is 4.46. The van der Waals surface area contributed by atoms with Crippen LogP contribution in [0.5, 0.6) is 0 Å². The quantitative estimate of drug-likeness (QED) is 0.632. The standard InChI is InChI=1S/C9H19N/c1-4-6-10-8-7-9(8,3)5-2/h8,10H,4-7H2,1-3H3/t8?,9-/m1/s1. The minimum Gasteiger partial charge on any atom is -0.313 e. The first kappa shape index (κ1) is 8.06. The van der Waals surface area contributed by atoms with E-state index in [0.717, 1.165) is 6.04 Å². The summed E-state index contributed by atoms with van der Waals surface area (Å²) in [5, 5.41) is 3.55. The first-order chi connectivity index (χ1) is 4.73. The molecule has 1 fully saturated rings. The van der Waals surface area contributed by atoms with Gasteiger partial charge < -0.3 is 5.32 Å². The van der Waals surface area contributed by atoms with Crippen molar-refractivity contribution in [2.45, 2.75) is 46.1 Å². The summed E-state index contributed by atoms with van der Waals surface area (Å²) in [4.78, 5) is 0. The van der Waals surface area contributed by atoms with Crippen LogP contribution in [0.25, 0.3) is 0 Å². The predicted octanol–water partition coefficient (Wildman–Crippen LogP) is 2.17. The zero-order chi connectivity index (χ0) is 7.61. The fraction of sp³-hybridized carbons (Fsp3) is 1.00. The van der Waals surface area contributed by atoms with Crippen molar-refractivity contribution in [2.24, 2.45) is 5.41 Å². The van der Waals surface area contributed by atoms with Gasteiger partial charge in [-0.15, -0.1) is 0 Å². The van der Waals surface area contributed by atoms with E-state index in [1.165, 1.54) is 25.8 Å². The lowest BCUT2D eigenvalue weighted by atomic mass is 10.1. The van der Waals surface area contributed by atoms with Gasteiger partial charge in [-0.05, 0) is 31.2 Å². The Hall–Kier alpha value is -0.0400. The molecule has 0 aromatic rings. The molecule has 1 N–H and O–H groups in total. The van der Waals surface area contributed by atoms with Crippen molar-refractivity contribution < 1.29 is 0 Å². The third-order valence-corrected chi connectivity index (χ3v) is 2.80. The first-order valence-electron chi connectivity index (χ1n) is 4.46. The molecule has 0 spiro atoms. The summed E-state index contributed by atoms with van der Waals surface area (Å²) in [7, 11) is 0. The van der Waals surface area contributed by atoms with Gasteiger partial charge in [0.1, 0.15) is 0 Å². The van der Waals surface area contributed by atoms with Crippen LogP contribution in [0.1, 0.15) is 40.0 Å². The minimum atomic E-state index is 0.648. The van der Waals surface area contributed by atoms with E-state index in [4.69, 9.17) is 0 Å². The van der Waals surface area contributed by atoms with Crippen molar-refractivity contribution in [3.05, 3.63) is 0 Å². The second-order valence-electron chi connectivity index (χ2n) is 3.72. The van der Waals surface area contributed by atoms with E-state index in [1.54, 1.807) is 0 Å². The van der Waals surface area contributed by atoms with Gasteiger partial charge in [-0.2, -0.15) is 0 Å². The summed E-state index contributed by atoms with van der Waals surface area (Å²) in [5.41, 5.74) is 0.648. The number of nitrogens with one attached hydrogen (secondary N) is 1. The van der Waals surface area contributed by atoms with Gasteiger partial charge in [-0.1, -0.05) is 20.8 Å². The zero-order valence-corrected chi connectivity index (χ0v) is 7.41. The van der Waals surface area contributed by atoms with Crippen LogP contribution >= 0.6 is 0 Å². The van der Waals surface area contributed by atoms with E-state index in [-0.39, 0.29) is 0 Å². The van der Waals surface area contributed by atoms with Crippen LogP contribution in [0.4, 0.5) is 0 Å². The van der Waals surface area contributed by atoms with Gasteiger partial charge in [-0.3, -0.25) is 0 Å². The highest BCUT2D eigenvalue weighted by molar-refractivity contribution is 5.03. The van der Waals surface area contributed by atoms with Gasteiger partial charge in [0.2, 0.25) is 0 Å². The molecule has 0 heterocycles. The number of rotatable bonds is 4. The molecule has 0 aromatic heterocycles. The summed E-state index contributed by atoms with van der Waals surface area (Å²) in [6.07, 6.45) is 3.98. The van der Waals surface area contributed by atoms with Gasteiger partial charge in [-0.25, -0.2) is 0 Å². The minimum absolute atomic E-state index is 0.648. The highest BCUT2D eigenvalue weighted by atomic mass is 15.0. The fourth-order valence-electron chi connectivity index (χ4n) is 1.44. The molecule has 0 saturated heterocycles. The van der Waals surface area contributed by atoms with Crippen molar-refractivity contribution in [1.82, 2.24) is 5.32 Å². The SMILES string of the molecule is CCCNC1C[C@@]1(C)CC. The predicted molar refractivity (Wildman–Crippen MR) is 45.1 cm³/mol. The van der Waals surface area contributed by atoms with Gasteiger partial charge in [0.05, 0.1) is 0 Å². The molecule has 0 radical (unpaired) electrons. The summed E-state index contributed by atoms with van der Waals surface area (Å²) >= 11 is 0. The van der Waals surface area contributed by atoms with E-state index in [0.29, 0.717) is 5.41 Å². The Kier molecular flexibility index (Phi) is 2.35. The Morgan fingerprint density at radius 3 is 2.60 bits per heavy atom. The van der Waals surface area contributed by atoms with Crippen LogP contribution in [-0.2, 0) is 0 Å². The second-order valence-corrected chi connectivity index (χ2v) is 3.72. The van der Waals surface area contributed by atoms with Crippen molar-refractivity contribution in [3.63, 3.8) is 0 Å². The molecule has 60 valence electrons. The molecule has 1 saturated carbocycles. The lowest BCUT2D eigenvalue weighted by molar-refractivity contribution is 0.481. The van der Waals surface area contributed by atoms with E-state index >= 15 is 0 Å². The molecule has 1 nitrogen and oxygen atoms in total. The van der Waals surface area contributed by atoms with E-state index in [1.807, 2.05) is 0 Å². The van der Waals surface area contributed by atoms with E-state index < -0.39 is 0 Å². The van der Waals surface area contributed by atoms with Crippen LogP contribution in [0.3, 0.4) is 0 Å². The summed E-state index contributed by atoms with van der Waals surface area (Å²) in [5.74, 6) is 0. The van der Waals surface area contributed by atoms with Crippen molar-refractivity contribution in [3.8, 4) is 0 Å². The van der Waals surface area contributed by atoms with Gasteiger partial charge in [0.25, 0.3) is 0 Å². The number of hydrogen-bond acceptors (Lipinski definition) is 1. The smallest absolute Gasteiger partial charge is 0.0127 e. The molecular weight excluding hydrogens is 122 g/mol.